The van der Waals surface area contributed by atoms with Gasteiger partial charge in [0.1, 0.15) is 5.75 Å². The zero-order valence-electron chi connectivity index (χ0n) is 17.8. The monoisotopic (exact) mass is 444 g/mol. The molecular formula is C23H20N6O2S. The van der Waals surface area contributed by atoms with Crippen molar-refractivity contribution < 1.29 is 9.53 Å². The lowest BCUT2D eigenvalue weighted by Gasteiger charge is -2.18. The Balaban J connectivity index is 1.59. The number of ether oxygens (including phenoxy) is 1. The van der Waals surface area contributed by atoms with E-state index in [-0.39, 0.29) is 11.7 Å². The topological polar surface area (TPSA) is 85.5 Å². The van der Waals surface area contributed by atoms with Crippen LogP contribution < -0.4 is 9.64 Å². The van der Waals surface area contributed by atoms with Crippen molar-refractivity contribution in [1.82, 2.24) is 24.6 Å². The van der Waals surface area contributed by atoms with Gasteiger partial charge in [-0.25, -0.2) is 14.5 Å². The highest BCUT2D eigenvalue weighted by atomic mass is 32.1. The van der Waals surface area contributed by atoms with Crippen molar-refractivity contribution in [2.75, 3.05) is 12.0 Å². The molecule has 0 saturated heterocycles. The highest BCUT2D eigenvalue weighted by Crippen LogP contribution is 2.32. The molecule has 0 aliphatic carbocycles. The molecule has 0 aliphatic heterocycles. The second-order valence-corrected chi connectivity index (χ2v) is 8.40. The third-order valence-electron chi connectivity index (χ3n) is 5.05. The minimum absolute atomic E-state index is 0.0824. The van der Waals surface area contributed by atoms with Gasteiger partial charge in [-0.05, 0) is 43.7 Å². The van der Waals surface area contributed by atoms with Crippen molar-refractivity contribution in [1.29, 1.82) is 0 Å². The molecule has 0 aliphatic rings. The van der Waals surface area contributed by atoms with Crippen LogP contribution in [0.1, 0.15) is 27.6 Å². The molecule has 0 radical (unpaired) electrons. The maximum absolute atomic E-state index is 13.6. The molecular weight excluding hydrogens is 424 g/mol. The van der Waals surface area contributed by atoms with Gasteiger partial charge in [0.15, 0.2) is 5.13 Å². The summed E-state index contributed by atoms with van der Waals surface area (Å²) in [7, 11) is 1.63. The van der Waals surface area contributed by atoms with Crippen LogP contribution in [0.25, 0.3) is 16.0 Å². The van der Waals surface area contributed by atoms with Gasteiger partial charge in [-0.1, -0.05) is 41.7 Å². The first kappa shape index (κ1) is 20.1. The fraction of sp³-hybridized carbons (Fsp3) is 0.174. The highest BCUT2D eigenvalue weighted by Gasteiger charge is 2.26. The predicted molar refractivity (Wildman–Crippen MR) is 123 cm³/mol. The van der Waals surface area contributed by atoms with Crippen LogP contribution in [0.4, 0.5) is 5.13 Å². The number of nitrogens with zero attached hydrogens (tertiary/aromatic N) is 6. The van der Waals surface area contributed by atoms with Gasteiger partial charge >= 0.3 is 0 Å². The minimum atomic E-state index is -0.331. The Hall–Kier alpha value is -3.85. The van der Waals surface area contributed by atoms with E-state index in [1.165, 1.54) is 11.3 Å². The second-order valence-electron chi connectivity index (χ2n) is 7.39. The zero-order chi connectivity index (χ0) is 22.2. The summed E-state index contributed by atoms with van der Waals surface area (Å²) in [4.78, 5) is 28.7. The summed E-state index contributed by atoms with van der Waals surface area (Å²) < 4.78 is 7.85. The Bertz CT molecular complexity index is 1440. The average Bonchev–Trinajstić information content (AvgIpc) is 3.41. The number of rotatable bonds is 5. The number of methoxy groups -OCH3 is 1. The van der Waals surface area contributed by atoms with Gasteiger partial charge in [-0.2, -0.15) is 4.98 Å². The number of fused-ring (bicyclic) bond motifs is 2. The van der Waals surface area contributed by atoms with Gasteiger partial charge in [0.25, 0.3) is 11.7 Å². The van der Waals surface area contributed by atoms with Crippen molar-refractivity contribution in [3.63, 3.8) is 0 Å². The Morgan fingerprint density at radius 3 is 2.66 bits per heavy atom. The molecule has 1 amide bonds. The smallest absolute Gasteiger partial charge is 0.300 e. The number of anilines is 1. The zero-order valence-corrected chi connectivity index (χ0v) is 18.6. The average molecular weight is 445 g/mol. The molecule has 32 heavy (non-hydrogen) atoms. The highest BCUT2D eigenvalue weighted by molar-refractivity contribution is 7.22. The normalized spacial score (nSPS) is 11.2. The molecule has 0 unspecified atom stereocenters. The number of hydrogen-bond donors (Lipinski definition) is 0. The number of thiazole rings is 1. The number of aryl methyl sites for hydroxylation is 2. The van der Waals surface area contributed by atoms with Crippen LogP contribution in [0.3, 0.4) is 0 Å². The standard InChI is InChI=1S/C23H20N6O2S/c1-14-11-15(2)29-22(24-14)26-20(27-29)21(30)28(13-16-7-5-4-6-8-16)23-25-18-10-9-17(31-3)12-19(18)32-23/h4-12H,13H2,1-3H3. The molecule has 3 aromatic heterocycles. The van der Waals surface area contributed by atoms with Gasteiger partial charge in [0, 0.05) is 11.4 Å². The van der Waals surface area contributed by atoms with Gasteiger partial charge in [0.2, 0.25) is 5.82 Å². The maximum Gasteiger partial charge on any atom is 0.300 e. The molecule has 5 aromatic rings. The Morgan fingerprint density at radius 1 is 1.06 bits per heavy atom. The van der Waals surface area contributed by atoms with Crippen molar-refractivity contribution in [3.05, 3.63) is 77.4 Å². The second kappa shape index (κ2) is 8.01. The van der Waals surface area contributed by atoms with E-state index in [4.69, 9.17) is 9.72 Å². The lowest BCUT2D eigenvalue weighted by Crippen LogP contribution is -2.31. The summed E-state index contributed by atoms with van der Waals surface area (Å²) in [5, 5.41) is 5.00. The third kappa shape index (κ3) is 3.67. The fourth-order valence-corrected chi connectivity index (χ4v) is 4.50. The van der Waals surface area contributed by atoms with E-state index in [1.54, 1.807) is 16.5 Å². The van der Waals surface area contributed by atoms with E-state index in [0.717, 1.165) is 32.9 Å². The fourth-order valence-electron chi connectivity index (χ4n) is 3.51. The molecule has 3 heterocycles. The molecule has 0 atom stereocenters. The molecule has 0 saturated carbocycles. The minimum Gasteiger partial charge on any atom is -0.497 e. The SMILES string of the molecule is COc1ccc2nc(N(Cc3ccccc3)C(=O)c3nc4nc(C)cc(C)n4n3)sc2c1. The number of carbonyl (C=O) groups excluding carboxylic acids is 1. The molecule has 2 aromatic carbocycles. The number of amides is 1. The first-order chi connectivity index (χ1) is 15.5. The van der Waals surface area contributed by atoms with Crippen LogP contribution in [0.5, 0.6) is 5.75 Å². The molecule has 160 valence electrons. The summed E-state index contributed by atoms with van der Waals surface area (Å²) in [5.74, 6) is 0.897. The Kier molecular flexibility index (Phi) is 5.02. The van der Waals surface area contributed by atoms with E-state index >= 15 is 0 Å². The molecule has 0 fully saturated rings. The van der Waals surface area contributed by atoms with Crippen molar-refractivity contribution in [2.24, 2.45) is 0 Å². The lowest BCUT2D eigenvalue weighted by atomic mass is 10.2. The molecule has 5 rings (SSSR count). The third-order valence-corrected chi connectivity index (χ3v) is 6.09. The number of benzene rings is 2. The summed E-state index contributed by atoms with van der Waals surface area (Å²) in [6, 6.07) is 17.3. The molecule has 0 N–H and O–H groups in total. The van der Waals surface area contributed by atoms with Gasteiger partial charge in [0.05, 0.1) is 23.9 Å². The quantitative estimate of drug-likeness (QED) is 0.404. The number of hydrogen-bond acceptors (Lipinski definition) is 7. The van der Waals surface area contributed by atoms with Crippen molar-refractivity contribution in [3.8, 4) is 5.75 Å². The number of aromatic nitrogens is 5. The summed E-state index contributed by atoms with van der Waals surface area (Å²) in [6.45, 7) is 4.14. The van der Waals surface area contributed by atoms with Crippen molar-refractivity contribution >= 4 is 38.4 Å². The van der Waals surface area contributed by atoms with Crippen LogP contribution in [0.15, 0.2) is 54.6 Å². The van der Waals surface area contributed by atoms with E-state index in [9.17, 15) is 4.79 Å². The predicted octanol–water partition coefficient (Wildman–Crippen LogP) is 4.21. The first-order valence-electron chi connectivity index (χ1n) is 10.0. The maximum atomic E-state index is 13.6. The van der Waals surface area contributed by atoms with Crippen LogP contribution in [-0.4, -0.2) is 37.6 Å². The van der Waals surface area contributed by atoms with E-state index in [0.29, 0.717) is 17.5 Å². The first-order valence-corrected chi connectivity index (χ1v) is 10.8. The molecule has 0 bridgehead atoms. The largest absolute Gasteiger partial charge is 0.497 e. The summed E-state index contributed by atoms with van der Waals surface area (Å²) >= 11 is 1.43. The van der Waals surface area contributed by atoms with Gasteiger partial charge in [-0.3, -0.25) is 9.69 Å². The molecule has 8 nitrogen and oxygen atoms in total. The summed E-state index contributed by atoms with van der Waals surface area (Å²) in [5.41, 5.74) is 3.46. The van der Waals surface area contributed by atoms with Crippen LogP contribution in [-0.2, 0) is 6.54 Å². The Morgan fingerprint density at radius 2 is 1.88 bits per heavy atom. The van der Waals surface area contributed by atoms with Crippen LogP contribution in [0.2, 0.25) is 0 Å². The van der Waals surface area contributed by atoms with E-state index in [1.807, 2.05) is 68.4 Å². The van der Waals surface area contributed by atoms with Gasteiger partial charge in [-0.15, -0.1) is 5.10 Å². The van der Waals surface area contributed by atoms with E-state index < -0.39 is 0 Å². The summed E-state index contributed by atoms with van der Waals surface area (Å²) in [6.07, 6.45) is 0. The van der Waals surface area contributed by atoms with Crippen molar-refractivity contribution in [2.45, 2.75) is 20.4 Å². The van der Waals surface area contributed by atoms with Crippen LogP contribution >= 0.6 is 11.3 Å². The number of carbonyl (C=O) groups is 1. The van der Waals surface area contributed by atoms with Crippen LogP contribution in [0, 0.1) is 13.8 Å². The molecule has 0 spiro atoms. The Labute approximate surface area is 188 Å². The lowest BCUT2D eigenvalue weighted by molar-refractivity contribution is 0.0975. The van der Waals surface area contributed by atoms with E-state index in [2.05, 4.69) is 15.1 Å². The van der Waals surface area contributed by atoms with Gasteiger partial charge < -0.3 is 4.74 Å². The molecule has 9 heteroatoms.